The monoisotopic (exact) mass is 248 g/mol. The smallest absolute Gasteiger partial charge is 0.220 e. The molecule has 0 aliphatic carbocycles. The SMILES string of the molecule is O=C(CCc1cccs1)NCCc1cc[nH]c1. The lowest BCUT2D eigenvalue weighted by Crippen LogP contribution is -2.25. The molecule has 17 heavy (non-hydrogen) atoms. The maximum Gasteiger partial charge on any atom is 0.220 e. The maximum atomic E-state index is 11.6. The second-order valence-electron chi connectivity index (χ2n) is 3.90. The molecule has 2 aromatic rings. The van der Waals surface area contributed by atoms with E-state index in [0.717, 1.165) is 12.8 Å². The van der Waals surface area contributed by atoms with Crippen LogP contribution in [0.1, 0.15) is 16.9 Å². The predicted octanol–water partition coefficient (Wildman–Crippen LogP) is 2.37. The van der Waals surface area contributed by atoms with Crippen molar-refractivity contribution in [2.45, 2.75) is 19.3 Å². The molecule has 1 amide bonds. The average molecular weight is 248 g/mol. The van der Waals surface area contributed by atoms with E-state index in [0.29, 0.717) is 13.0 Å². The van der Waals surface area contributed by atoms with Crippen LogP contribution in [0.5, 0.6) is 0 Å². The second kappa shape index (κ2) is 6.25. The molecular weight excluding hydrogens is 232 g/mol. The van der Waals surface area contributed by atoms with Crippen molar-refractivity contribution in [3.63, 3.8) is 0 Å². The predicted molar refractivity (Wildman–Crippen MR) is 70.1 cm³/mol. The van der Waals surface area contributed by atoms with Crippen LogP contribution in [-0.2, 0) is 17.6 Å². The molecule has 0 fully saturated rings. The molecule has 4 heteroatoms. The van der Waals surface area contributed by atoms with Gasteiger partial charge in [-0.1, -0.05) is 6.07 Å². The minimum absolute atomic E-state index is 0.133. The molecule has 0 saturated heterocycles. The molecule has 0 aromatic carbocycles. The molecule has 0 aliphatic rings. The van der Waals surface area contributed by atoms with Crippen LogP contribution in [0.2, 0.25) is 0 Å². The molecule has 0 saturated carbocycles. The summed E-state index contributed by atoms with van der Waals surface area (Å²) in [6.07, 6.45) is 6.15. The molecule has 0 atom stereocenters. The third-order valence-corrected chi connectivity index (χ3v) is 3.51. The number of hydrogen-bond acceptors (Lipinski definition) is 2. The highest BCUT2D eigenvalue weighted by molar-refractivity contribution is 7.09. The number of hydrogen-bond donors (Lipinski definition) is 2. The Balaban J connectivity index is 1.61. The van der Waals surface area contributed by atoms with E-state index in [-0.39, 0.29) is 5.91 Å². The number of rotatable bonds is 6. The molecule has 0 spiro atoms. The summed E-state index contributed by atoms with van der Waals surface area (Å²) in [5, 5.41) is 4.98. The minimum Gasteiger partial charge on any atom is -0.367 e. The van der Waals surface area contributed by atoms with Gasteiger partial charge in [0.05, 0.1) is 0 Å². The van der Waals surface area contributed by atoms with Crippen LogP contribution in [0.3, 0.4) is 0 Å². The Morgan fingerprint density at radius 1 is 1.35 bits per heavy atom. The second-order valence-corrected chi connectivity index (χ2v) is 4.93. The fourth-order valence-corrected chi connectivity index (χ4v) is 2.35. The lowest BCUT2D eigenvalue weighted by Gasteiger charge is -2.03. The van der Waals surface area contributed by atoms with E-state index in [1.165, 1.54) is 10.4 Å². The first kappa shape index (κ1) is 11.9. The minimum atomic E-state index is 0.133. The largest absolute Gasteiger partial charge is 0.367 e. The van der Waals surface area contributed by atoms with Gasteiger partial charge in [0.1, 0.15) is 0 Å². The van der Waals surface area contributed by atoms with E-state index in [1.807, 2.05) is 29.9 Å². The number of aromatic nitrogens is 1. The fourth-order valence-electron chi connectivity index (χ4n) is 1.64. The lowest BCUT2D eigenvalue weighted by molar-refractivity contribution is -0.121. The Labute approximate surface area is 105 Å². The highest BCUT2D eigenvalue weighted by Crippen LogP contribution is 2.10. The van der Waals surface area contributed by atoms with Gasteiger partial charge in [0.2, 0.25) is 5.91 Å². The maximum absolute atomic E-state index is 11.6. The molecule has 0 aliphatic heterocycles. The fraction of sp³-hybridized carbons (Fsp3) is 0.308. The Hall–Kier alpha value is -1.55. The number of aromatic amines is 1. The lowest BCUT2D eigenvalue weighted by atomic mass is 10.2. The van der Waals surface area contributed by atoms with Gasteiger partial charge in [-0.2, -0.15) is 0 Å². The number of carbonyl (C=O) groups excluding carboxylic acids is 1. The zero-order chi connectivity index (χ0) is 11.9. The highest BCUT2D eigenvalue weighted by atomic mass is 32.1. The van der Waals surface area contributed by atoms with Crippen LogP contribution < -0.4 is 5.32 Å². The van der Waals surface area contributed by atoms with E-state index in [9.17, 15) is 4.79 Å². The molecule has 2 aromatic heterocycles. The van der Waals surface area contributed by atoms with Gasteiger partial charge >= 0.3 is 0 Å². The number of aryl methyl sites for hydroxylation is 1. The topological polar surface area (TPSA) is 44.9 Å². The van der Waals surface area contributed by atoms with Gasteiger partial charge < -0.3 is 10.3 Å². The zero-order valence-electron chi connectivity index (χ0n) is 9.61. The van der Waals surface area contributed by atoms with E-state index < -0.39 is 0 Å². The van der Waals surface area contributed by atoms with Gasteiger partial charge in [0, 0.05) is 30.2 Å². The number of thiophene rings is 1. The summed E-state index contributed by atoms with van der Waals surface area (Å²) in [6, 6.07) is 6.11. The van der Waals surface area contributed by atoms with Crippen LogP contribution in [-0.4, -0.2) is 17.4 Å². The number of H-pyrrole nitrogens is 1. The van der Waals surface area contributed by atoms with Crippen molar-refractivity contribution in [2.24, 2.45) is 0 Å². The molecular formula is C13H16N2OS. The molecule has 0 bridgehead atoms. The standard InChI is InChI=1S/C13H16N2OS/c16-13(4-3-12-2-1-9-17-12)15-8-6-11-5-7-14-10-11/h1-2,5,7,9-10,14H,3-4,6,8H2,(H,15,16). The van der Waals surface area contributed by atoms with Crippen molar-refractivity contribution in [3.05, 3.63) is 46.4 Å². The molecule has 2 heterocycles. The summed E-state index contributed by atoms with van der Waals surface area (Å²) in [5.41, 5.74) is 1.23. The average Bonchev–Trinajstić information content (AvgIpc) is 2.99. The molecule has 2 N–H and O–H groups in total. The number of amides is 1. The first-order chi connectivity index (χ1) is 8.34. The summed E-state index contributed by atoms with van der Waals surface area (Å²) in [7, 11) is 0. The van der Waals surface area contributed by atoms with E-state index in [2.05, 4.69) is 16.4 Å². The summed E-state index contributed by atoms with van der Waals surface area (Å²) in [4.78, 5) is 15.8. The number of carbonyl (C=O) groups is 1. The van der Waals surface area contributed by atoms with Gasteiger partial charge in [-0.05, 0) is 35.9 Å². The van der Waals surface area contributed by atoms with Crippen molar-refractivity contribution in [1.82, 2.24) is 10.3 Å². The van der Waals surface area contributed by atoms with Gasteiger partial charge in [-0.25, -0.2) is 0 Å². The normalized spacial score (nSPS) is 10.4. The first-order valence-electron chi connectivity index (χ1n) is 5.75. The van der Waals surface area contributed by atoms with Crippen LogP contribution in [0.15, 0.2) is 36.0 Å². The van der Waals surface area contributed by atoms with E-state index in [1.54, 1.807) is 11.3 Å². The third kappa shape index (κ3) is 4.07. The van der Waals surface area contributed by atoms with Gasteiger partial charge in [0.15, 0.2) is 0 Å². The Morgan fingerprint density at radius 2 is 2.29 bits per heavy atom. The third-order valence-electron chi connectivity index (χ3n) is 2.58. The van der Waals surface area contributed by atoms with Crippen molar-refractivity contribution >= 4 is 17.2 Å². The molecule has 3 nitrogen and oxygen atoms in total. The van der Waals surface area contributed by atoms with Crippen molar-refractivity contribution in [1.29, 1.82) is 0 Å². The summed E-state index contributed by atoms with van der Waals surface area (Å²) < 4.78 is 0. The summed E-state index contributed by atoms with van der Waals surface area (Å²) in [5.74, 6) is 0.133. The van der Waals surface area contributed by atoms with Crippen molar-refractivity contribution in [2.75, 3.05) is 6.54 Å². The van der Waals surface area contributed by atoms with Crippen LogP contribution >= 0.6 is 11.3 Å². The van der Waals surface area contributed by atoms with Gasteiger partial charge in [0.25, 0.3) is 0 Å². The molecule has 0 radical (unpaired) electrons. The Morgan fingerprint density at radius 3 is 3.00 bits per heavy atom. The highest BCUT2D eigenvalue weighted by Gasteiger charge is 2.02. The van der Waals surface area contributed by atoms with E-state index in [4.69, 9.17) is 0 Å². The van der Waals surface area contributed by atoms with Crippen molar-refractivity contribution < 1.29 is 4.79 Å². The Bertz CT molecular complexity index is 434. The quantitative estimate of drug-likeness (QED) is 0.810. The van der Waals surface area contributed by atoms with E-state index >= 15 is 0 Å². The summed E-state index contributed by atoms with van der Waals surface area (Å²) >= 11 is 1.70. The first-order valence-corrected chi connectivity index (χ1v) is 6.63. The van der Waals surface area contributed by atoms with Gasteiger partial charge in [-0.3, -0.25) is 4.79 Å². The van der Waals surface area contributed by atoms with Crippen LogP contribution in [0.25, 0.3) is 0 Å². The van der Waals surface area contributed by atoms with Crippen LogP contribution in [0.4, 0.5) is 0 Å². The number of nitrogens with one attached hydrogen (secondary N) is 2. The Kier molecular flexibility index (Phi) is 4.38. The molecule has 90 valence electrons. The van der Waals surface area contributed by atoms with Crippen LogP contribution in [0, 0.1) is 0 Å². The van der Waals surface area contributed by atoms with Crippen molar-refractivity contribution in [3.8, 4) is 0 Å². The zero-order valence-corrected chi connectivity index (χ0v) is 10.4. The summed E-state index contributed by atoms with van der Waals surface area (Å²) in [6.45, 7) is 0.709. The molecule has 2 rings (SSSR count). The van der Waals surface area contributed by atoms with Gasteiger partial charge in [-0.15, -0.1) is 11.3 Å². The molecule has 0 unspecified atom stereocenters.